The number of carbonyl (C=O) groups excluding carboxylic acids is 2. The molecule has 1 amide bonds. The van der Waals surface area contributed by atoms with Crippen LogP contribution in [0.4, 0.5) is 0 Å². The lowest BCUT2D eigenvalue weighted by Crippen LogP contribution is -2.32. The lowest BCUT2D eigenvalue weighted by atomic mass is 9.97. The average molecular weight is 219 g/mol. The summed E-state index contributed by atoms with van der Waals surface area (Å²) >= 11 is 0. The Bertz CT molecular complexity index is 454. The van der Waals surface area contributed by atoms with Gasteiger partial charge in [0.1, 0.15) is 0 Å². The summed E-state index contributed by atoms with van der Waals surface area (Å²) < 4.78 is 4.66. The predicted molar refractivity (Wildman–Crippen MR) is 58.0 cm³/mol. The van der Waals surface area contributed by atoms with E-state index < -0.39 is 0 Å². The molecule has 0 fully saturated rings. The second kappa shape index (κ2) is 3.96. The molecule has 16 heavy (non-hydrogen) atoms. The number of nitrogens with zero attached hydrogens (tertiary/aromatic N) is 1. The molecule has 0 unspecified atom stereocenters. The summed E-state index contributed by atoms with van der Waals surface area (Å²) in [5.41, 5.74) is 2.55. The molecule has 0 N–H and O–H groups in total. The monoisotopic (exact) mass is 219 g/mol. The molecule has 0 atom stereocenters. The first-order chi connectivity index (χ1) is 7.61. The van der Waals surface area contributed by atoms with Gasteiger partial charge in [-0.3, -0.25) is 4.79 Å². The van der Waals surface area contributed by atoms with Crippen molar-refractivity contribution in [3.05, 3.63) is 34.9 Å². The Hall–Kier alpha value is -1.84. The summed E-state index contributed by atoms with van der Waals surface area (Å²) in [7, 11) is 3.12. The van der Waals surface area contributed by atoms with E-state index >= 15 is 0 Å². The topological polar surface area (TPSA) is 46.6 Å². The van der Waals surface area contributed by atoms with E-state index in [1.807, 2.05) is 6.07 Å². The Balaban J connectivity index is 2.36. The molecule has 1 aromatic carbocycles. The van der Waals surface area contributed by atoms with Crippen LogP contribution in [0, 0.1) is 0 Å². The third-order valence-electron chi connectivity index (χ3n) is 2.80. The van der Waals surface area contributed by atoms with Gasteiger partial charge in [0.25, 0.3) is 0 Å². The van der Waals surface area contributed by atoms with Crippen molar-refractivity contribution in [2.75, 3.05) is 14.2 Å². The number of methoxy groups -OCH3 is 1. The second-order valence-electron chi connectivity index (χ2n) is 3.90. The van der Waals surface area contributed by atoms with Gasteiger partial charge in [-0.05, 0) is 23.3 Å². The molecule has 0 aliphatic carbocycles. The highest BCUT2D eigenvalue weighted by molar-refractivity contribution is 5.90. The van der Waals surface area contributed by atoms with Crippen molar-refractivity contribution in [1.29, 1.82) is 0 Å². The number of hydrogen-bond acceptors (Lipinski definition) is 3. The van der Waals surface area contributed by atoms with Crippen LogP contribution in [-0.4, -0.2) is 30.9 Å². The zero-order valence-electron chi connectivity index (χ0n) is 9.32. The van der Waals surface area contributed by atoms with Crippen LogP contribution in [0.5, 0.6) is 0 Å². The molecule has 1 aromatic rings. The van der Waals surface area contributed by atoms with Gasteiger partial charge < -0.3 is 9.64 Å². The van der Waals surface area contributed by atoms with E-state index in [1.165, 1.54) is 7.11 Å². The van der Waals surface area contributed by atoms with E-state index in [0.29, 0.717) is 18.5 Å². The molecule has 0 radical (unpaired) electrons. The lowest BCUT2D eigenvalue weighted by molar-refractivity contribution is -0.130. The van der Waals surface area contributed by atoms with Crippen LogP contribution >= 0.6 is 0 Å². The molecule has 0 bridgehead atoms. The maximum absolute atomic E-state index is 11.5. The van der Waals surface area contributed by atoms with E-state index in [9.17, 15) is 9.59 Å². The van der Waals surface area contributed by atoms with Gasteiger partial charge in [0.2, 0.25) is 5.91 Å². The highest BCUT2D eigenvalue weighted by atomic mass is 16.5. The number of benzene rings is 1. The molecule has 4 nitrogen and oxygen atoms in total. The fourth-order valence-electron chi connectivity index (χ4n) is 1.83. The van der Waals surface area contributed by atoms with Gasteiger partial charge in [0, 0.05) is 13.6 Å². The van der Waals surface area contributed by atoms with Crippen molar-refractivity contribution in [2.45, 2.75) is 13.0 Å². The highest BCUT2D eigenvalue weighted by Crippen LogP contribution is 2.20. The highest BCUT2D eigenvalue weighted by Gasteiger charge is 2.20. The molecule has 2 rings (SSSR count). The van der Waals surface area contributed by atoms with Crippen LogP contribution < -0.4 is 0 Å². The van der Waals surface area contributed by atoms with Crippen LogP contribution in [0.15, 0.2) is 18.2 Å². The molecule has 0 saturated heterocycles. The Morgan fingerprint density at radius 3 is 2.81 bits per heavy atom. The van der Waals surface area contributed by atoms with Crippen LogP contribution in [0.3, 0.4) is 0 Å². The number of ether oxygens (including phenoxy) is 1. The van der Waals surface area contributed by atoms with E-state index in [1.54, 1.807) is 24.1 Å². The Morgan fingerprint density at radius 1 is 1.38 bits per heavy atom. The Labute approximate surface area is 93.8 Å². The number of amides is 1. The predicted octanol–water partition coefficient (Wildman–Crippen LogP) is 0.988. The van der Waals surface area contributed by atoms with Gasteiger partial charge in [0.05, 0.1) is 19.1 Å². The van der Waals surface area contributed by atoms with Gasteiger partial charge in [-0.25, -0.2) is 4.79 Å². The summed E-state index contributed by atoms with van der Waals surface area (Å²) in [6.07, 6.45) is 0.410. The van der Waals surface area contributed by atoms with E-state index in [0.717, 1.165) is 11.1 Å². The Morgan fingerprint density at radius 2 is 2.12 bits per heavy atom. The van der Waals surface area contributed by atoms with Crippen molar-refractivity contribution in [3.8, 4) is 0 Å². The first kappa shape index (κ1) is 10.7. The van der Waals surface area contributed by atoms with Crippen LogP contribution in [0.2, 0.25) is 0 Å². The molecular formula is C12H13NO3. The second-order valence-corrected chi connectivity index (χ2v) is 3.90. The normalized spacial score (nSPS) is 14.6. The fourth-order valence-corrected chi connectivity index (χ4v) is 1.83. The average Bonchev–Trinajstić information content (AvgIpc) is 2.29. The molecule has 0 spiro atoms. The maximum Gasteiger partial charge on any atom is 0.337 e. The Kier molecular flexibility index (Phi) is 2.64. The summed E-state index contributed by atoms with van der Waals surface area (Å²) in [6, 6.07) is 5.32. The van der Waals surface area contributed by atoms with Crippen molar-refractivity contribution in [2.24, 2.45) is 0 Å². The molecule has 84 valence electrons. The van der Waals surface area contributed by atoms with Crippen LogP contribution in [0.1, 0.15) is 21.5 Å². The SMILES string of the molecule is COC(=O)c1ccc2c(c1)CN(C)C(=O)C2. The van der Waals surface area contributed by atoms with Gasteiger partial charge in [-0.1, -0.05) is 6.07 Å². The fraction of sp³-hybridized carbons (Fsp3) is 0.333. The zero-order chi connectivity index (χ0) is 11.7. The number of fused-ring (bicyclic) bond motifs is 1. The number of carbonyl (C=O) groups is 2. The van der Waals surface area contributed by atoms with E-state index in [2.05, 4.69) is 4.74 Å². The molecule has 1 heterocycles. The standard InChI is InChI=1S/C12H13NO3/c1-13-7-10-5-9(12(15)16-2)4-3-8(10)6-11(13)14/h3-5H,6-7H2,1-2H3. The minimum absolute atomic E-state index is 0.110. The minimum atomic E-state index is -0.345. The molecular weight excluding hydrogens is 206 g/mol. The van der Waals surface area contributed by atoms with Crippen molar-refractivity contribution >= 4 is 11.9 Å². The number of likely N-dealkylation sites (N-methyl/N-ethyl adjacent to an activating group) is 1. The first-order valence-electron chi connectivity index (χ1n) is 5.06. The van der Waals surface area contributed by atoms with Gasteiger partial charge in [0.15, 0.2) is 0 Å². The van der Waals surface area contributed by atoms with Crippen molar-refractivity contribution < 1.29 is 14.3 Å². The van der Waals surface area contributed by atoms with E-state index in [-0.39, 0.29) is 11.9 Å². The molecule has 1 aliphatic heterocycles. The molecule has 1 aliphatic rings. The van der Waals surface area contributed by atoms with Crippen molar-refractivity contribution in [3.63, 3.8) is 0 Å². The lowest BCUT2D eigenvalue weighted by Gasteiger charge is -2.25. The molecule has 0 saturated carbocycles. The summed E-state index contributed by atoms with van der Waals surface area (Å²) in [5, 5.41) is 0. The summed E-state index contributed by atoms with van der Waals surface area (Å²) in [5.74, 6) is -0.235. The maximum atomic E-state index is 11.5. The minimum Gasteiger partial charge on any atom is -0.465 e. The summed E-state index contributed by atoms with van der Waals surface area (Å²) in [6.45, 7) is 0.555. The van der Waals surface area contributed by atoms with Gasteiger partial charge >= 0.3 is 5.97 Å². The quantitative estimate of drug-likeness (QED) is 0.662. The number of esters is 1. The smallest absolute Gasteiger partial charge is 0.337 e. The molecule has 4 heteroatoms. The number of hydrogen-bond donors (Lipinski definition) is 0. The number of rotatable bonds is 1. The molecule has 0 aromatic heterocycles. The van der Waals surface area contributed by atoms with Gasteiger partial charge in [-0.2, -0.15) is 0 Å². The van der Waals surface area contributed by atoms with Crippen LogP contribution in [-0.2, 0) is 22.5 Å². The first-order valence-corrected chi connectivity index (χ1v) is 5.06. The largest absolute Gasteiger partial charge is 0.465 e. The third-order valence-corrected chi connectivity index (χ3v) is 2.80. The summed E-state index contributed by atoms with van der Waals surface area (Å²) in [4.78, 5) is 24.5. The zero-order valence-corrected chi connectivity index (χ0v) is 9.32. The van der Waals surface area contributed by atoms with Gasteiger partial charge in [-0.15, -0.1) is 0 Å². The third kappa shape index (κ3) is 1.78. The van der Waals surface area contributed by atoms with Crippen molar-refractivity contribution in [1.82, 2.24) is 4.90 Å². The van der Waals surface area contributed by atoms with Crippen LogP contribution in [0.25, 0.3) is 0 Å². The van der Waals surface area contributed by atoms with E-state index in [4.69, 9.17) is 0 Å².